The van der Waals surface area contributed by atoms with E-state index in [1.165, 1.54) is 12.1 Å². The smallest absolute Gasteiger partial charge is 0.330 e. The fourth-order valence-electron chi connectivity index (χ4n) is 5.93. The van der Waals surface area contributed by atoms with Crippen LogP contribution in [0.15, 0.2) is 115 Å². The number of esters is 1. The van der Waals surface area contributed by atoms with E-state index in [1.807, 2.05) is 54.6 Å². The molecule has 2 saturated heterocycles. The van der Waals surface area contributed by atoms with Crippen molar-refractivity contribution in [2.45, 2.75) is 41.5 Å². The van der Waals surface area contributed by atoms with Crippen LogP contribution in [0.3, 0.4) is 0 Å². The zero-order chi connectivity index (χ0) is 28.4. The number of nitro benzene ring substituents is 1. The summed E-state index contributed by atoms with van der Waals surface area (Å²) in [6.45, 7) is -0.0292. The van der Waals surface area contributed by atoms with E-state index in [1.54, 1.807) is 28.8 Å². The van der Waals surface area contributed by atoms with E-state index in [0.717, 1.165) is 16.7 Å². The first-order valence-electron chi connectivity index (χ1n) is 13.5. The predicted octanol–water partition coefficient (Wildman–Crippen LogP) is 6.11. The molecule has 2 heterocycles. The van der Waals surface area contributed by atoms with Crippen molar-refractivity contribution >= 4 is 29.3 Å². The van der Waals surface area contributed by atoms with Gasteiger partial charge in [0.1, 0.15) is 12.6 Å². The van der Waals surface area contributed by atoms with E-state index in [-0.39, 0.29) is 29.5 Å². The highest BCUT2D eigenvalue weighted by molar-refractivity contribution is 8.01. The van der Waals surface area contributed by atoms with Gasteiger partial charge in [0.15, 0.2) is 0 Å². The van der Waals surface area contributed by atoms with Crippen molar-refractivity contribution in [3.63, 3.8) is 0 Å². The van der Waals surface area contributed by atoms with Crippen molar-refractivity contribution in [3.05, 3.63) is 148 Å². The number of nitro groups is 1. The number of benzene rings is 4. The molecule has 1 amide bonds. The van der Waals surface area contributed by atoms with Gasteiger partial charge in [-0.25, -0.2) is 4.79 Å². The lowest BCUT2D eigenvalue weighted by atomic mass is 9.84. The van der Waals surface area contributed by atoms with Crippen molar-refractivity contribution in [1.29, 1.82) is 0 Å². The molecule has 0 N–H and O–H groups in total. The molecule has 2 aliphatic rings. The molecule has 2 aliphatic heterocycles. The van der Waals surface area contributed by atoms with Crippen LogP contribution < -0.4 is 0 Å². The van der Waals surface area contributed by atoms with Crippen LogP contribution in [0, 0.1) is 10.1 Å². The molecule has 206 valence electrons. The number of non-ortho nitro benzene ring substituents is 1. The van der Waals surface area contributed by atoms with Crippen LogP contribution in [0.4, 0.5) is 5.69 Å². The first kappa shape index (κ1) is 26.8. The highest BCUT2D eigenvalue weighted by Gasteiger charge is 2.57. The Hall–Kier alpha value is -4.43. The number of rotatable bonds is 9. The zero-order valence-electron chi connectivity index (χ0n) is 22.2. The average molecular weight is 565 g/mol. The first-order valence-corrected chi connectivity index (χ1v) is 14.4. The van der Waals surface area contributed by atoms with Gasteiger partial charge in [-0.2, -0.15) is 0 Å². The van der Waals surface area contributed by atoms with Crippen molar-refractivity contribution in [3.8, 4) is 0 Å². The van der Waals surface area contributed by atoms with Crippen LogP contribution in [0.5, 0.6) is 0 Å². The van der Waals surface area contributed by atoms with Gasteiger partial charge in [-0.15, -0.1) is 11.8 Å². The summed E-state index contributed by atoms with van der Waals surface area (Å²) in [6, 6.07) is 36.0. The molecule has 3 unspecified atom stereocenters. The normalized spacial score (nSPS) is 19.8. The van der Waals surface area contributed by atoms with Gasteiger partial charge in [0.2, 0.25) is 5.91 Å². The summed E-state index contributed by atoms with van der Waals surface area (Å²) in [5.74, 6) is -0.500. The Morgan fingerprint density at radius 3 is 1.83 bits per heavy atom. The van der Waals surface area contributed by atoms with E-state index in [9.17, 15) is 19.7 Å². The molecule has 4 aromatic rings. The number of nitrogens with zero attached hydrogens (tertiary/aromatic N) is 2. The maximum Gasteiger partial charge on any atom is 0.330 e. The Morgan fingerprint density at radius 2 is 1.37 bits per heavy atom. The van der Waals surface area contributed by atoms with Gasteiger partial charge in [0.25, 0.3) is 5.69 Å². The van der Waals surface area contributed by atoms with E-state index in [2.05, 4.69) is 36.4 Å². The summed E-state index contributed by atoms with van der Waals surface area (Å²) in [5, 5.41) is 10.8. The van der Waals surface area contributed by atoms with E-state index >= 15 is 0 Å². The van der Waals surface area contributed by atoms with Gasteiger partial charge in [-0.3, -0.25) is 14.9 Å². The lowest BCUT2D eigenvalue weighted by Gasteiger charge is -2.40. The summed E-state index contributed by atoms with van der Waals surface area (Å²) in [6.07, 6.45) is 1.11. The molecule has 4 aromatic carbocycles. The number of hydrogen-bond acceptors (Lipinski definition) is 6. The second-order valence-corrected chi connectivity index (χ2v) is 11.8. The molecule has 2 fully saturated rings. The van der Waals surface area contributed by atoms with Gasteiger partial charge < -0.3 is 9.64 Å². The molecule has 6 rings (SSSR count). The van der Waals surface area contributed by atoms with E-state index in [0.29, 0.717) is 18.4 Å². The van der Waals surface area contributed by atoms with E-state index < -0.39 is 21.7 Å². The third-order valence-electron chi connectivity index (χ3n) is 7.89. The first-order chi connectivity index (χ1) is 20.0. The number of β-lactam (4-membered cyclic amide) rings is 1. The topological polar surface area (TPSA) is 89.7 Å². The predicted molar refractivity (Wildman–Crippen MR) is 157 cm³/mol. The highest BCUT2D eigenvalue weighted by atomic mass is 32.2. The molecule has 0 bridgehead atoms. The van der Waals surface area contributed by atoms with Gasteiger partial charge in [-0.05, 0) is 40.8 Å². The minimum absolute atomic E-state index is 0.00283. The van der Waals surface area contributed by atoms with Crippen LogP contribution in [0.25, 0.3) is 0 Å². The number of fused-ring (bicyclic) bond motifs is 1. The Balaban J connectivity index is 1.36. The molecule has 0 saturated carbocycles. The lowest BCUT2D eigenvalue weighted by Crippen LogP contribution is -2.55. The maximum atomic E-state index is 13.7. The summed E-state index contributed by atoms with van der Waals surface area (Å²) < 4.78 is 5.12. The number of carbonyl (C=O) groups excluding carboxylic acids is 2. The van der Waals surface area contributed by atoms with Gasteiger partial charge in [-0.1, -0.05) is 91.0 Å². The second kappa shape index (κ2) is 11.2. The Kier molecular flexibility index (Phi) is 7.32. The SMILES string of the molecule is O=C(OCc1ccc([N+](=O)[O-])cc1)C1C(SC(c2ccccc2)(c2ccccc2)c2ccccc2)CC2CC(=O)N21. The number of hydrogen-bond donors (Lipinski definition) is 0. The standard InChI is InChI=1S/C33H28N2O5S/c36-30-21-28-20-29(31(34(28)30)32(37)40-22-23-16-18-27(19-17-23)35(38)39)41-33(24-10-4-1-5-11-24,25-12-6-2-7-13-25)26-14-8-3-9-15-26/h1-19,28-29,31H,20-22H2. The molecule has 0 spiro atoms. The molecule has 7 nitrogen and oxygen atoms in total. The quantitative estimate of drug-likeness (QED) is 0.0802. The summed E-state index contributed by atoms with van der Waals surface area (Å²) in [4.78, 5) is 38.7. The number of ether oxygens (including phenoxy) is 1. The van der Waals surface area contributed by atoms with Crippen LogP contribution in [-0.4, -0.2) is 39.0 Å². The monoisotopic (exact) mass is 564 g/mol. The summed E-state index contributed by atoms with van der Waals surface area (Å²) >= 11 is 1.70. The summed E-state index contributed by atoms with van der Waals surface area (Å²) in [5.41, 5.74) is 3.87. The maximum absolute atomic E-state index is 13.7. The van der Waals surface area contributed by atoms with Gasteiger partial charge in [0.05, 0.1) is 9.67 Å². The molecule has 41 heavy (non-hydrogen) atoms. The third kappa shape index (κ3) is 5.00. The molecular formula is C33H28N2O5S. The lowest BCUT2D eigenvalue weighted by molar-refractivity contribution is -0.384. The molecule has 0 aliphatic carbocycles. The van der Waals surface area contributed by atoms with Crippen LogP contribution in [-0.2, 0) is 25.7 Å². The highest BCUT2D eigenvalue weighted by Crippen LogP contribution is 2.54. The minimum atomic E-state index is -0.736. The number of amides is 1. The Morgan fingerprint density at radius 1 is 0.854 bits per heavy atom. The minimum Gasteiger partial charge on any atom is -0.459 e. The van der Waals surface area contributed by atoms with Crippen molar-refractivity contribution in [2.75, 3.05) is 0 Å². The van der Waals surface area contributed by atoms with Crippen LogP contribution >= 0.6 is 11.8 Å². The number of carbonyl (C=O) groups is 2. The molecule has 0 aromatic heterocycles. The van der Waals surface area contributed by atoms with Crippen LogP contribution in [0.2, 0.25) is 0 Å². The fourth-order valence-corrected chi connectivity index (χ4v) is 7.89. The van der Waals surface area contributed by atoms with Crippen molar-refractivity contribution in [2.24, 2.45) is 0 Å². The largest absolute Gasteiger partial charge is 0.459 e. The fraction of sp³-hybridized carbons (Fsp3) is 0.212. The van der Waals surface area contributed by atoms with Crippen molar-refractivity contribution < 1.29 is 19.2 Å². The zero-order valence-corrected chi connectivity index (χ0v) is 23.0. The average Bonchev–Trinajstić information content (AvgIpc) is 3.31. The van der Waals surface area contributed by atoms with E-state index in [4.69, 9.17) is 4.74 Å². The van der Waals surface area contributed by atoms with Gasteiger partial charge in [0, 0.05) is 29.8 Å². The molecule has 8 heteroatoms. The number of thioether (sulfide) groups is 1. The van der Waals surface area contributed by atoms with Crippen molar-refractivity contribution in [1.82, 2.24) is 4.90 Å². The van der Waals surface area contributed by atoms with Gasteiger partial charge >= 0.3 is 5.97 Å². The third-order valence-corrected chi connectivity index (χ3v) is 9.70. The Bertz CT molecular complexity index is 1450. The van der Waals surface area contributed by atoms with Crippen LogP contribution in [0.1, 0.15) is 35.1 Å². The Labute approximate surface area is 242 Å². The second-order valence-electron chi connectivity index (χ2n) is 10.3. The molecule has 3 atom stereocenters. The molecular weight excluding hydrogens is 536 g/mol. The summed E-state index contributed by atoms with van der Waals surface area (Å²) in [7, 11) is 0. The molecule has 0 radical (unpaired) electrons.